The lowest BCUT2D eigenvalue weighted by Crippen LogP contribution is -2.41. The molecule has 1 aromatic heterocycles. The van der Waals surface area contributed by atoms with Crippen LogP contribution >= 0.6 is 12.4 Å². The number of carbonyl (C=O) groups is 1. The van der Waals surface area contributed by atoms with Crippen molar-refractivity contribution in [2.45, 2.75) is 25.0 Å². The lowest BCUT2D eigenvalue weighted by Gasteiger charge is -2.10. The average molecular weight is 355 g/mol. The molecule has 1 aliphatic rings. The predicted octanol–water partition coefficient (Wildman–Crippen LogP) is 0.815. The van der Waals surface area contributed by atoms with Crippen LogP contribution in [-0.2, 0) is 11.2 Å². The number of aliphatic hydroxyl groups excluding tert-OH is 1. The smallest absolute Gasteiger partial charge is 0.237 e. The topological polar surface area (TPSA) is 79.2 Å². The second kappa shape index (κ2) is 8.23. The summed E-state index contributed by atoms with van der Waals surface area (Å²) in [6, 6.07) is 7.64. The van der Waals surface area contributed by atoms with Crippen LogP contribution in [0, 0.1) is 5.82 Å². The molecule has 3 N–H and O–H groups in total. The van der Waals surface area contributed by atoms with Gasteiger partial charge in [-0.1, -0.05) is 0 Å². The van der Waals surface area contributed by atoms with E-state index in [0.717, 1.165) is 11.4 Å². The Kier molecular flexibility index (Phi) is 6.30. The molecular weight excluding hydrogens is 335 g/mol. The number of nitrogens with one attached hydrogen (secondary N) is 2. The fourth-order valence-electron chi connectivity index (χ4n) is 2.59. The van der Waals surface area contributed by atoms with Crippen molar-refractivity contribution >= 4 is 18.3 Å². The summed E-state index contributed by atoms with van der Waals surface area (Å²) in [5.74, 6) is -0.381. The van der Waals surface area contributed by atoms with Gasteiger partial charge in [-0.15, -0.1) is 12.4 Å². The van der Waals surface area contributed by atoms with Crippen molar-refractivity contribution in [2.75, 3.05) is 13.1 Å². The van der Waals surface area contributed by atoms with E-state index >= 15 is 0 Å². The Morgan fingerprint density at radius 1 is 1.38 bits per heavy atom. The number of aromatic nitrogens is 2. The number of rotatable bonds is 5. The van der Waals surface area contributed by atoms with Crippen LogP contribution in [0.25, 0.3) is 5.69 Å². The van der Waals surface area contributed by atoms with E-state index in [1.54, 1.807) is 23.0 Å². The lowest BCUT2D eigenvalue weighted by atomic mass is 10.2. The van der Waals surface area contributed by atoms with Gasteiger partial charge in [0.2, 0.25) is 5.91 Å². The largest absolute Gasteiger partial charge is 0.392 e. The van der Waals surface area contributed by atoms with Crippen molar-refractivity contribution in [1.29, 1.82) is 0 Å². The molecule has 6 nitrogen and oxygen atoms in total. The van der Waals surface area contributed by atoms with E-state index in [-0.39, 0.29) is 30.2 Å². The maximum Gasteiger partial charge on any atom is 0.237 e. The quantitative estimate of drug-likeness (QED) is 0.742. The van der Waals surface area contributed by atoms with Crippen molar-refractivity contribution < 1.29 is 14.3 Å². The third kappa shape index (κ3) is 4.53. The molecule has 2 aromatic rings. The third-order valence-electron chi connectivity index (χ3n) is 3.84. The molecule has 2 unspecified atom stereocenters. The van der Waals surface area contributed by atoms with Gasteiger partial charge in [-0.25, -0.2) is 9.07 Å². The number of carbonyl (C=O) groups excluding carboxylic acids is 1. The van der Waals surface area contributed by atoms with Crippen molar-refractivity contribution in [3.8, 4) is 5.69 Å². The van der Waals surface area contributed by atoms with Crippen molar-refractivity contribution in [3.63, 3.8) is 0 Å². The first-order valence-electron chi connectivity index (χ1n) is 7.61. The zero-order valence-corrected chi connectivity index (χ0v) is 13.8. The molecule has 2 heterocycles. The summed E-state index contributed by atoms with van der Waals surface area (Å²) in [7, 11) is 0. The first kappa shape index (κ1) is 18.4. The molecule has 1 amide bonds. The Labute approximate surface area is 145 Å². The van der Waals surface area contributed by atoms with E-state index in [2.05, 4.69) is 15.7 Å². The molecule has 2 atom stereocenters. The molecule has 1 aromatic carbocycles. The molecule has 1 aliphatic heterocycles. The summed E-state index contributed by atoms with van der Waals surface area (Å²) in [6.45, 7) is 0.938. The fraction of sp³-hybridized carbons (Fsp3) is 0.375. The Balaban J connectivity index is 0.00000208. The van der Waals surface area contributed by atoms with Gasteiger partial charge in [-0.3, -0.25) is 4.79 Å². The van der Waals surface area contributed by atoms with Crippen LogP contribution in [0.5, 0.6) is 0 Å². The molecule has 0 radical (unpaired) electrons. The third-order valence-corrected chi connectivity index (χ3v) is 3.84. The van der Waals surface area contributed by atoms with Crippen LogP contribution in [0.4, 0.5) is 4.39 Å². The van der Waals surface area contributed by atoms with Gasteiger partial charge in [0.15, 0.2) is 0 Å². The molecule has 3 rings (SSSR count). The number of nitrogens with zero attached hydrogens (tertiary/aromatic N) is 2. The minimum absolute atomic E-state index is 0. The lowest BCUT2D eigenvalue weighted by molar-refractivity contribution is -0.122. The summed E-state index contributed by atoms with van der Waals surface area (Å²) in [5, 5.41) is 19.6. The number of hydrogen-bond acceptors (Lipinski definition) is 4. The number of amides is 1. The average Bonchev–Trinajstić information content (AvgIpc) is 3.17. The van der Waals surface area contributed by atoms with Crippen LogP contribution in [0.3, 0.4) is 0 Å². The number of hydrogen-bond donors (Lipinski definition) is 3. The molecular formula is C16H20ClFN4O2. The molecule has 0 aliphatic carbocycles. The van der Waals surface area contributed by atoms with Gasteiger partial charge in [0.05, 0.1) is 23.5 Å². The highest BCUT2D eigenvalue weighted by molar-refractivity contribution is 5.85. The number of aliphatic hydroxyl groups is 1. The van der Waals surface area contributed by atoms with Crippen LogP contribution < -0.4 is 10.6 Å². The number of halogens is 2. The summed E-state index contributed by atoms with van der Waals surface area (Å²) in [4.78, 5) is 11.9. The summed E-state index contributed by atoms with van der Waals surface area (Å²) < 4.78 is 14.6. The van der Waals surface area contributed by atoms with Crippen LogP contribution in [0.15, 0.2) is 36.5 Å². The predicted molar refractivity (Wildman–Crippen MR) is 89.9 cm³/mol. The van der Waals surface area contributed by atoms with Gasteiger partial charge >= 0.3 is 0 Å². The van der Waals surface area contributed by atoms with Gasteiger partial charge in [0.25, 0.3) is 0 Å². The highest BCUT2D eigenvalue weighted by Crippen LogP contribution is 2.09. The van der Waals surface area contributed by atoms with E-state index in [1.807, 2.05) is 6.07 Å². The van der Waals surface area contributed by atoms with Crippen molar-refractivity contribution in [1.82, 2.24) is 20.4 Å². The van der Waals surface area contributed by atoms with E-state index in [9.17, 15) is 14.3 Å². The Morgan fingerprint density at radius 3 is 2.79 bits per heavy atom. The second-order valence-electron chi connectivity index (χ2n) is 5.62. The first-order valence-corrected chi connectivity index (χ1v) is 7.61. The Morgan fingerprint density at radius 2 is 2.12 bits per heavy atom. The Bertz CT molecular complexity index is 677. The Hall–Kier alpha value is -1.96. The number of benzene rings is 1. The zero-order chi connectivity index (χ0) is 16.2. The molecule has 0 bridgehead atoms. The molecule has 24 heavy (non-hydrogen) atoms. The number of β-amino-alcohol motifs (C(OH)–C–C–N with tert-alkyl or cyclic N) is 1. The normalized spacial score (nSPS) is 19.8. The maximum absolute atomic E-state index is 12.9. The van der Waals surface area contributed by atoms with Crippen LogP contribution in [-0.4, -0.2) is 46.0 Å². The van der Waals surface area contributed by atoms with E-state index < -0.39 is 6.10 Å². The van der Waals surface area contributed by atoms with E-state index in [1.165, 1.54) is 12.1 Å². The minimum atomic E-state index is -0.447. The molecule has 0 spiro atoms. The highest BCUT2D eigenvalue weighted by Gasteiger charge is 2.27. The highest BCUT2D eigenvalue weighted by atomic mass is 35.5. The first-order chi connectivity index (χ1) is 11.1. The maximum atomic E-state index is 12.9. The standard InChI is InChI=1S/C16H19FN4O2.ClH/c17-11-1-3-13(4-2-11)21-8-6-12(20-21)5-7-18-16(23)15-9-14(22)10-19-15;/h1-4,6,8,14-15,19,22H,5,7,9-10H2,(H,18,23);1H. The fourth-order valence-corrected chi connectivity index (χ4v) is 2.59. The summed E-state index contributed by atoms with van der Waals surface area (Å²) in [6.07, 6.45) is 2.41. The van der Waals surface area contributed by atoms with Crippen molar-refractivity contribution in [2.24, 2.45) is 0 Å². The zero-order valence-electron chi connectivity index (χ0n) is 13.0. The monoisotopic (exact) mass is 354 g/mol. The SMILES string of the molecule is Cl.O=C(NCCc1ccn(-c2ccc(F)cc2)n1)C1CC(O)CN1. The van der Waals surface area contributed by atoms with Crippen molar-refractivity contribution in [3.05, 3.63) is 48.0 Å². The molecule has 0 saturated carbocycles. The van der Waals surface area contributed by atoms with Gasteiger partial charge in [0.1, 0.15) is 5.82 Å². The molecule has 1 fully saturated rings. The van der Waals surface area contributed by atoms with Gasteiger partial charge in [-0.2, -0.15) is 5.10 Å². The molecule has 130 valence electrons. The van der Waals surface area contributed by atoms with Gasteiger partial charge in [0, 0.05) is 25.7 Å². The van der Waals surface area contributed by atoms with Crippen LogP contribution in [0.2, 0.25) is 0 Å². The minimum Gasteiger partial charge on any atom is -0.392 e. The summed E-state index contributed by atoms with van der Waals surface area (Å²) >= 11 is 0. The van der Waals surface area contributed by atoms with E-state index in [0.29, 0.717) is 25.9 Å². The van der Waals surface area contributed by atoms with Gasteiger partial charge < -0.3 is 15.7 Å². The van der Waals surface area contributed by atoms with Crippen LogP contribution in [0.1, 0.15) is 12.1 Å². The molecule has 8 heteroatoms. The van der Waals surface area contributed by atoms with E-state index in [4.69, 9.17) is 0 Å². The second-order valence-corrected chi connectivity index (χ2v) is 5.62. The van der Waals surface area contributed by atoms with Gasteiger partial charge in [-0.05, 0) is 36.8 Å². The summed E-state index contributed by atoms with van der Waals surface area (Å²) in [5.41, 5.74) is 1.62. The molecule has 1 saturated heterocycles.